The molecule has 2 fully saturated rings. The van der Waals surface area contributed by atoms with Gasteiger partial charge in [-0.25, -0.2) is 0 Å². The minimum absolute atomic E-state index is 0.306. The van der Waals surface area contributed by atoms with Gasteiger partial charge in [-0.3, -0.25) is 4.79 Å². The van der Waals surface area contributed by atoms with E-state index in [0.717, 1.165) is 31.7 Å². The molecule has 0 aromatic heterocycles. The van der Waals surface area contributed by atoms with E-state index < -0.39 is 0 Å². The van der Waals surface area contributed by atoms with E-state index >= 15 is 0 Å². The van der Waals surface area contributed by atoms with Crippen LogP contribution in [0.4, 0.5) is 0 Å². The normalized spacial score (nSPS) is 31.7. The summed E-state index contributed by atoms with van der Waals surface area (Å²) in [7, 11) is 0. The Hall–Kier alpha value is -0.570. The highest BCUT2D eigenvalue weighted by Gasteiger charge is 2.32. The first-order valence-corrected chi connectivity index (χ1v) is 6.20. The standard InChI is InChI=1S/C12H22N2O/c1-9-4-5-14(11(6-9)8-13)12(15)7-10-2-3-10/h9-11H,2-8,13H2,1H3. The summed E-state index contributed by atoms with van der Waals surface area (Å²) >= 11 is 0. The summed E-state index contributed by atoms with van der Waals surface area (Å²) in [6.45, 7) is 3.81. The lowest BCUT2D eigenvalue weighted by Gasteiger charge is -2.38. The number of rotatable bonds is 3. The van der Waals surface area contributed by atoms with Crippen molar-refractivity contribution in [3.8, 4) is 0 Å². The van der Waals surface area contributed by atoms with Crippen molar-refractivity contribution >= 4 is 5.91 Å². The van der Waals surface area contributed by atoms with E-state index in [1.165, 1.54) is 12.8 Å². The average molecular weight is 210 g/mol. The van der Waals surface area contributed by atoms with E-state index in [1.54, 1.807) is 0 Å². The molecule has 3 nitrogen and oxygen atoms in total. The van der Waals surface area contributed by atoms with Crippen molar-refractivity contribution < 1.29 is 4.79 Å². The fourth-order valence-corrected chi connectivity index (χ4v) is 2.49. The van der Waals surface area contributed by atoms with Crippen molar-refractivity contribution in [1.82, 2.24) is 4.90 Å². The van der Waals surface area contributed by atoms with Crippen molar-refractivity contribution in [1.29, 1.82) is 0 Å². The highest BCUT2D eigenvalue weighted by Crippen LogP contribution is 2.34. The third kappa shape index (κ3) is 2.71. The first-order valence-electron chi connectivity index (χ1n) is 6.20. The summed E-state index contributed by atoms with van der Waals surface area (Å²) in [5.41, 5.74) is 5.75. The molecule has 2 aliphatic rings. The number of nitrogens with two attached hydrogens (primary N) is 1. The Morgan fingerprint density at radius 3 is 2.73 bits per heavy atom. The summed E-state index contributed by atoms with van der Waals surface area (Å²) in [5.74, 6) is 1.76. The van der Waals surface area contributed by atoms with Gasteiger partial charge in [-0.15, -0.1) is 0 Å². The molecular weight excluding hydrogens is 188 g/mol. The lowest BCUT2D eigenvalue weighted by molar-refractivity contribution is -0.135. The summed E-state index contributed by atoms with van der Waals surface area (Å²) in [6.07, 6.45) is 5.51. The van der Waals surface area contributed by atoms with Crippen LogP contribution in [-0.4, -0.2) is 29.9 Å². The van der Waals surface area contributed by atoms with Crippen LogP contribution in [0.25, 0.3) is 0 Å². The van der Waals surface area contributed by atoms with Crippen LogP contribution in [0.3, 0.4) is 0 Å². The van der Waals surface area contributed by atoms with Crippen LogP contribution < -0.4 is 5.73 Å². The number of piperidine rings is 1. The van der Waals surface area contributed by atoms with Gasteiger partial charge in [-0.2, -0.15) is 0 Å². The number of hydrogen-bond donors (Lipinski definition) is 1. The molecule has 0 radical (unpaired) electrons. The SMILES string of the molecule is CC1CCN(C(=O)CC2CC2)C(CN)C1. The fourth-order valence-electron chi connectivity index (χ4n) is 2.49. The monoisotopic (exact) mass is 210 g/mol. The van der Waals surface area contributed by atoms with E-state index in [9.17, 15) is 4.79 Å². The lowest BCUT2D eigenvalue weighted by Crippen LogP contribution is -2.49. The van der Waals surface area contributed by atoms with Gasteiger partial charge in [-0.05, 0) is 37.5 Å². The minimum atomic E-state index is 0.306. The largest absolute Gasteiger partial charge is 0.338 e. The van der Waals surface area contributed by atoms with Gasteiger partial charge >= 0.3 is 0 Å². The Balaban J connectivity index is 1.90. The topological polar surface area (TPSA) is 46.3 Å². The molecule has 2 atom stereocenters. The Kier molecular flexibility index (Phi) is 3.29. The van der Waals surface area contributed by atoms with Crippen LogP contribution >= 0.6 is 0 Å². The summed E-state index contributed by atoms with van der Waals surface area (Å²) in [4.78, 5) is 14.0. The number of hydrogen-bond acceptors (Lipinski definition) is 2. The predicted molar refractivity (Wildman–Crippen MR) is 60.3 cm³/mol. The maximum atomic E-state index is 12.0. The molecule has 2 N–H and O–H groups in total. The Morgan fingerprint density at radius 1 is 1.40 bits per heavy atom. The van der Waals surface area contributed by atoms with E-state index in [4.69, 9.17) is 5.73 Å². The first kappa shape index (κ1) is 10.9. The van der Waals surface area contributed by atoms with E-state index in [-0.39, 0.29) is 0 Å². The second-order valence-corrected chi connectivity index (χ2v) is 5.25. The van der Waals surface area contributed by atoms with Crippen molar-refractivity contribution in [2.24, 2.45) is 17.6 Å². The van der Waals surface area contributed by atoms with Crippen LogP contribution in [0.5, 0.6) is 0 Å². The van der Waals surface area contributed by atoms with Crippen LogP contribution in [0.2, 0.25) is 0 Å². The summed E-state index contributed by atoms with van der Waals surface area (Å²) < 4.78 is 0. The van der Waals surface area contributed by atoms with Crippen molar-refractivity contribution in [2.45, 2.75) is 45.1 Å². The van der Waals surface area contributed by atoms with E-state index in [2.05, 4.69) is 6.92 Å². The van der Waals surface area contributed by atoms with Gasteiger partial charge in [0.15, 0.2) is 0 Å². The third-order valence-electron chi connectivity index (χ3n) is 3.73. The first-order chi connectivity index (χ1) is 7.20. The van der Waals surface area contributed by atoms with E-state index in [0.29, 0.717) is 24.4 Å². The molecule has 0 aromatic carbocycles. The average Bonchev–Trinajstić information content (AvgIpc) is 3.01. The Bertz CT molecular complexity index is 238. The second kappa shape index (κ2) is 4.52. The molecular formula is C12H22N2O. The molecule has 86 valence electrons. The second-order valence-electron chi connectivity index (χ2n) is 5.25. The molecule has 15 heavy (non-hydrogen) atoms. The maximum Gasteiger partial charge on any atom is 0.223 e. The highest BCUT2D eigenvalue weighted by molar-refractivity contribution is 5.77. The zero-order valence-corrected chi connectivity index (χ0v) is 9.61. The molecule has 0 spiro atoms. The molecule has 3 heteroatoms. The van der Waals surface area contributed by atoms with Crippen molar-refractivity contribution in [3.63, 3.8) is 0 Å². The van der Waals surface area contributed by atoms with Crippen molar-refractivity contribution in [2.75, 3.05) is 13.1 Å². The number of amides is 1. The zero-order valence-electron chi connectivity index (χ0n) is 9.61. The molecule has 1 saturated heterocycles. The molecule has 1 aliphatic carbocycles. The van der Waals surface area contributed by atoms with Gasteiger partial charge in [0.05, 0.1) is 0 Å². The van der Waals surface area contributed by atoms with Crippen LogP contribution in [0.15, 0.2) is 0 Å². The van der Waals surface area contributed by atoms with Crippen molar-refractivity contribution in [3.05, 3.63) is 0 Å². The van der Waals surface area contributed by atoms with Gasteiger partial charge in [0, 0.05) is 25.6 Å². The Labute approximate surface area is 92.0 Å². The van der Waals surface area contributed by atoms with Crippen LogP contribution in [0.1, 0.15) is 39.0 Å². The molecule has 1 amide bonds. The molecule has 2 unspecified atom stereocenters. The zero-order chi connectivity index (χ0) is 10.8. The van der Waals surface area contributed by atoms with Crippen LogP contribution in [-0.2, 0) is 4.79 Å². The van der Waals surface area contributed by atoms with Crippen LogP contribution in [0, 0.1) is 11.8 Å². The summed E-state index contributed by atoms with van der Waals surface area (Å²) in [6, 6.07) is 0.306. The predicted octanol–water partition coefficient (Wildman–Crippen LogP) is 1.37. The highest BCUT2D eigenvalue weighted by atomic mass is 16.2. The quantitative estimate of drug-likeness (QED) is 0.764. The summed E-state index contributed by atoms with van der Waals surface area (Å²) in [5, 5.41) is 0. The smallest absolute Gasteiger partial charge is 0.223 e. The number of likely N-dealkylation sites (tertiary alicyclic amines) is 1. The lowest BCUT2D eigenvalue weighted by atomic mass is 9.92. The minimum Gasteiger partial charge on any atom is -0.338 e. The molecule has 0 bridgehead atoms. The van der Waals surface area contributed by atoms with Gasteiger partial charge in [0.2, 0.25) is 5.91 Å². The number of carbonyl (C=O) groups excluding carboxylic acids is 1. The molecule has 1 aliphatic heterocycles. The maximum absolute atomic E-state index is 12.0. The Morgan fingerprint density at radius 2 is 2.13 bits per heavy atom. The molecule has 1 saturated carbocycles. The number of carbonyl (C=O) groups is 1. The fraction of sp³-hybridized carbons (Fsp3) is 0.917. The van der Waals surface area contributed by atoms with Gasteiger partial charge in [0.1, 0.15) is 0 Å². The van der Waals surface area contributed by atoms with Gasteiger partial charge in [-0.1, -0.05) is 6.92 Å². The molecule has 0 aromatic rings. The molecule has 2 rings (SSSR count). The molecule has 1 heterocycles. The van der Waals surface area contributed by atoms with Gasteiger partial charge < -0.3 is 10.6 Å². The third-order valence-corrected chi connectivity index (χ3v) is 3.73. The van der Waals surface area contributed by atoms with Gasteiger partial charge in [0.25, 0.3) is 0 Å². The number of nitrogens with zero attached hydrogens (tertiary/aromatic N) is 1. The van der Waals surface area contributed by atoms with E-state index in [1.807, 2.05) is 4.90 Å².